The second-order valence-corrected chi connectivity index (χ2v) is 4.71. The number of anilines is 2. The zero-order valence-electron chi connectivity index (χ0n) is 11.4. The van der Waals surface area contributed by atoms with Crippen molar-refractivity contribution < 1.29 is 9.90 Å². The van der Waals surface area contributed by atoms with Gasteiger partial charge >= 0.3 is 5.97 Å². The van der Waals surface area contributed by atoms with Gasteiger partial charge in [0.05, 0.1) is 5.56 Å². The van der Waals surface area contributed by atoms with Gasteiger partial charge in [0.25, 0.3) is 0 Å². The Kier molecular flexibility index (Phi) is 3.23. The van der Waals surface area contributed by atoms with E-state index in [4.69, 9.17) is 5.11 Å². The molecule has 0 atom stereocenters. The van der Waals surface area contributed by atoms with Crippen molar-refractivity contribution in [3.05, 3.63) is 60.0 Å². The largest absolute Gasteiger partial charge is 0.478 e. The number of hydrogen-bond acceptors (Lipinski definition) is 4. The summed E-state index contributed by atoms with van der Waals surface area (Å²) in [6.07, 6.45) is 3.51. The minimum Gasteiger partial charge on any atom is -0.478 e. The van der Waals surface area contributed by atoms with E-state index in [1.165, 1.54) is 6.07 Å². The van der Waals surface area contributed by atoms with E-state index in [1.54, 1.807) is 25.4 Å². The van der Waals surface area contributed by atoms with Crippen LogP contribution in [0.25, 0.3) is 10.8 Å². The molecule has 5 heteroatoms. The maximum Gasteiger partial charge on any atom is 0.335 e. The first-order valence-electron chi connectivity index (χ1n) is 6.45. The highest BCUT2D eigenvalue weighted by atomic mass is 16.4. The van der Waals surface area contributed by atoms with Crippen molar-refractivity contribution in [2.75, 3.05) is 5.32 Å². The second-order valence-electron chi connectivity index (χ2n) is 4.71. The van der Waals surface area contributed by atoms with Gasteiger partial charge in [0.1, 0.15) is 5.82 Å². The molecule has 5 nitrogen and oxygen atoms in total. The van der Waals surface area contributed by atoms with E-state index in [-0.39, 0.29) is 5.56 Å². The van der Waals surface area contributed by atoms with Crippen molar-refractivity contribution in [1.82, 2.24) is 9.97 Å². The molecule has 0 amide bonds. The van der Waals surface area contributed by atoms with Gasteiger partial charge in [0, 0.05) is 34.5 Å². The van der Waals surface area contributed by atoms with Crippen molar-refractivity contribution >= 4 is 28.2 Å². The lowest BCUT2D eigenvalue weighted by Gasteiger charge is -2.10. The Hall–Kier alpha value is -2.95. The van der Waals surface area contributed by atoms with Gasteiger partial charge in [-0.05, 0) is 31.2 Å². The lowest BCUT2D eigenvalue weighted by molar-refractivity contribution is 0.0696. The average Bonchev–Trinajstić information content (AvgIpc) is 2.47. The van der Waals surface area contributed by atoms with Crippen molar-refractivity contribution in [1.29, 1.82) is 0 Å². The van der Waals surface area contributed by atoms with Gasteiger partial charge in [0.15, 0.2) is 0 Å². The van der Waals surface area contributed by atoms with Crippen LogP contribution in [0.15, 0.2) is 48.8 Å². The zero-order valence-corrected chi connectivity index (χ0v) is 11.4. The number of aromatic carboxylic acids is 1. The van der Waals surface area contributed by atoms with Crippen LogP contribution in [-0.2, 0) is 0 Å². The number of carboxylic acids is 1. The Morgan fingerprint density at radius 2 is 2.10 bits per heavy atom. The summed E-state index contributed by atoms with van der Waals surface area (Å²) in [6.45, 7) is 1.77. The molecule has 0 radical (unpaired) electrons. The maximum atomic E-state index is 11.1. The summed E-state index contributed by atoms with van der Waals surface area (Å²) in [5.74, 6) is -0.456. The Morgan fingerprint density at radius 3 is 2.90 bits per heavy atom. The number of nitrogens with one attached hydrogen (secondary N) is 1. The van der Waals surface area contributed by atoms with Crippen molar-refractivity contribution in [3.63, 3.8) is 0 Å². The lowest BCUT2D eigenvalue weighted by atomic mass is 10.1. The number of benzene rings is 1. The fourth-order valence-corrected chi connectivity index (χ4v) is 2.23. The van der Waals surface area contributed by atoms with E-state index in [0.717, 1.165) is 16.5 Å². The number of carbonyl (C=O) groups is 1. The summed E-state index contributed by atoms with van der Waals surface area (Å²) in [5, 5.41) is 14.3. The van der Waals surface area contributed by atoms with E-state index in [2.05, 4.69) is 15.3 Å². The standard InChI is InChI=1S/C16H13N3O2/c1-10-7-12(16(20)21)8-15(18-10)19-14-4-2-3-11-9-17-6-5-13(11)14/h2-9H,1H3,(H,18,19)(H,20,21). The molecule has 104 valence electrons. The topological polar surface area (TPSA) is 75.1 Å². The molecule has 0 aliphatic rings. The number of fused-ring (bicyclic) bond motifs is 1. The SMILES string of the molecule is Cc1cc(C(=O)O)cc(Nc2cccc3cnccc23)n1. The average molecular weight is 279 g/mol. The Morgan fingerprint density at radius 1 is 1.24 bits per heavy atom. The molecule has 3 aromatic rings. The van der Waals surface area contributed by atoms with Crippen LogP contribution in [-0.4, -0.2) is 21.0 Å². The lowest BCUT2D eigenvalue weighted by Crippen LogP contribution is -2.02. The fraction of sp³-hybridized carbons (Fsp3) is 0.0625. The quantitative estimate of drug-likeness (QED) is 0.768. The van der Waals surface area contributed by atoms with E-state index >= 15 is 0 Å². The molecule has 0 aliphatic carbocycles. The molecule has 0 bridgehead atoms. The van der Waals surface area contributed by atoms with Gasteiger partial charge in [0.2, 0.25) is 0 Å². The number of nitrogens with zero attached hydrogens (tertiary/aromatic N) is 2. The van der Waals surface area contributed by atoms with Crippen LogP contribution in [0, 0.1) is 6.92 Å². The first-order chi connectivity index (χ1) is 10.1. The predicted octanol–water partition coefficient (Wildman–Crippen LogP) is 3.38. The highest BCUT2D eigenvalue weighted by molar-refractivity contribution is 5.95. The summed E-state index contributed by atoms with van der Waals surface area (Å²) < 4.78 is 0. The summed E-state index contributed by atoms with van der Waals surface area (Å²) in [6, 6.07) is 10.8. The number of rotatable bonds is 3. The molecule has 0 saturated heterocycles. The maximum absolute atomic E-state index is 11.1. The minimum absolute atomic E-state index is 0.215. The Labute approximate surface area is 121 Å². The number of carboxylic acid groups (broad SMARTS) is 1. The third kappa shape index (κ3) is 2.67. The molecule has 0 saturated carbocycles. The van der Waals surface area contributed by atoms with Gasteiger partial charge < -0.3 is 10.4 Å². The van der Waals surface area contributed by atoms with Gasteiger partial charge in [-0.1, -0.05) is 12.1 Å². The van der Waals surface area contributed by atoms with Crippen LogP contribution in [0.1, 0.15) is 16.1 Å². The normalized spacial score (nSPS) is 10.5. The summed E-state index contributed by atoms with van der Waals surface area (Å²) >= 11 is 0. The van der Waals surface area contributed by atoms with Crippen molar-refractivity contribution in [2.24, 2.45) is 0 Å². The van der Waals surface area contributed by atoms with Gasteiger partial charge in [-0.3, -0.25) is 4.98 Å². The number of pyridine rings is 2. The molecule has 0 fully saturated rings. The number of hydrogen-bond donors (Lipinski definition) is 2. The van der Waals surface area contributed by atoms with Crippen LogP contribution in [0.4, 0.5) is 11.5 Å². The molecule has 2 N–H and O–H groups in total. The molecule has 0 aliphatic heterocycles. The highest BCUT2D eigenvalue weighted by Gasteiger charge is 2.08. The third-order valence-electron chi connectivity index (χ3n) is 3.14. The third-order valence-corrected chi connectivity index (χ3v) is 3.14. The summed E-state index contributed by atoms with van der Waals surface area (Å²) in [7, 11) is 0. The van der Waals surface area contributed by atoms with Gasteiger partial charge in [-0.2, -0.15) is 0 Å². The second kappa shape index (κ2) is 5.20. The molecular formula is C16H13N3O2. The first kappa shape index (κ1) is 13.1. The van der Waals surface area contributed by atoms with Crippen molar-refractivity contribution in [3.8, 4) is 0 Å². The molecule has 2 aromatic heterocycles. The van der Waals surface area contributed by atoms with E-state index in [0.29, 0.717) is 11.5 Å². The Balaban J connectivity index is 2.05. The fourth-order valence-electron chi connectivity index (χ4n) is 2.23. The zero-order chi connectivity index (χ0) is 14.8. The molecule has 21 heavy (non-hydrogen) atoms. The molecule has 0 unspecified atom stereocenters. The van der Waals surface area contributed by atoms with Gasteiger partial charge in [-0.25, -0.2) is 9.78 Å². The summed E-state index contributed by atoms with van der Waals surface area (Å²) in [4.78, 5) is 19.5. The van der Waals surface area contributed by atoms with Crippen molar-refractivity contribution in [2.45, 2.75) is 6.92 Å². The molecule has 3 rings (SSSR count). The highest BCUT2D eigenvalue weighted by Crippen LogP contribution is 2.25. The smallest absolute Gasteiger partial charge is 0.335 e. The van der Waals surface area contributed by atoms with E-state index < -0.39 is 5.97 Å². The van der Waals surface area contributed by atoms with E-state index in [9.17, 15) is 4.79 Å². The molecule has 0 spiro atoms. The van der Waals surface area contributed by atoms with Gasteiger partial charge in [-0.15, -0.1) is 0 Å². The van der Waals surface area contributed by atoms with Crippen LogP contribution < -0.4 is 5.32 Å². The minimum atomic E-state index is -0.967. The first-order valence-corrected chi connectivity index (χ1v) is 6.45. The van der Waals surface area contributed by atoms with E-state index in [1.807, 2.05) is 24.3 Å². The van der Waals surface area contributed by atoms with Crippen LogP contribution in [0.5, 0.6) is 0 Å². The number of aryl methyl sites for hydroxylation is 1. The molecule has 2 heterocycles. The molecule has 1 aromatic carbocycles. The predicted molar refractivity (Wildman–Crippen MR) is 81.0 cm³/mol. The monoisotopic (exact) mass is 279 g/mol. The Bertz CT molecular complexity index is 825. The van der Waals surface area contributed by atoms with Crippen LogP contribution in [0.3, 0.4) is 0 Å². The summed E-state index contributed by atoms with van der Waals surface area (Å²) in [5.41, 5.74) is 1.73. The van der Waals surface area contributed by atoms with Crippen LogP contribution in [0.2, 0.25) is 0 Å². The number of aromatic nitrogens is 2. The molecular weight excluding hydrogens is 266 g/mol. The van der Waals surface area contributed by atoms with Crippen LogP contribution >= 0.6 is 0 Å².